The summed E-state index contributed by atoms with van der Waals surface area (Å²) in [5.74, 6) is -1.08. The van der Waals surface area contributed by atoms with E-state index >= 15 is 0 Å². The number of carbonyl (C=O) groups is 1. The Morgan fingerprint density at radius 2 is 1.40 bits per heavy atom. The van der Waals surface area contributed by atoms with Crippen molar-refractivity contribution in [2.45, 2.75) is 6.92 Å². The fraction of sp³-hybridized carbons (Fsp3) is 0.500. The van der Waals surface area contributed by atoms with Crippen molar-refractivity contribution in [3.05, 3.63) is 15.3 Å². The van der Waals surface area contributed by atoms with Crippen LogP contribution in [0, 0.1) is 15.3 Å². The Balaban J connectivity index is -0.0000000300. The van der Waals surface area contributed by atoms with Crippen LogP contribution in [0.15, 0.2) is 0 Å². The first-order valence-electron chi connectivity index (χ1n) is 1.46. The third-order valence-corrected chi connectivity index (χ3v) is 0. The average molecular weight is 357 g/mol. The van der Waals surface area contributed by atoms with Crippen LogP contribution in [0.3, 0.4) is 0 Å². The van der Waals surface area contributed by atoms with Gasteiger partial charge >= 0.3 is 88.4 Å². The second kappa shape index (κ2) is 16.7. The molecular formula is C2H3CsNO5Rh+2. The summed E-state index contributed by atoms with van der Waals surface area (Å²) in [6, 6.07) is 0. The maximum Gasteiger partial charge on any atom is 3.00 e. The van der Waals surface area contributed by atoms with Crippen LogP contribution in [-0.2, 0) is 24.3 Å². The first-order valence-corrected chi connectivity index (χ1v) is 1.46. The van der Waals surface area contributed by atoms with E-state index in [1.807, 2.05) is 0 Å². The SMILES string of the molecule is CC(=O)[O-].O=[N+]([O-])[O-].[Cs+].[Rh+3]. The van der Waals surface area contributed by atoms with Gasteiger partial charge in [-0.25, -0.2) is 0 Å². The van der Waals surface area contributed by atoms with Crippen LogP contribution >= 0.6 is 0 Å². The van der Waals surface area contributed by atoms with Gasteiger partial charge in [0, 0.05) is 5.97 Å². The van der Waals surface area contributed by atoms with E-state index < -0.39 is 11.1 Å². The van der Waals surface area contributed by atoms with Gasteiger partial charge in [0.2, 0.25) is 0 Å². The summed E-state index contributed by atoms with van der Waals surface area (Å²) in [7, 11) is 0. The Morgan fingerprint density at radius 3 is 1.40 bits per heavy atom. The van der Waals surface area contributed by atoms with Crippen LogP contribution in [0.1, 0.15) is 6.92 Å². The van der Waals surface area contributed by atoms with Crippen LogP contribution in [-0.4, -0.2) is 11.1 Å². The van der Waals surface area contributed by atoms with Gasteiger partial charge in [0.1, 0.15) is 0 Å². The molecule has 0 aliphatic carbocycles. The Kier molecular flexibility index (Phi) is 37.7. The molecule has 8 heteroatoms. The monoisotopic (exact) mass is 357 g/mol. The van der Waals surface area contributed by atoms with Crippen molar-refractivity contribution in [2.24, 2.45) is 0 Å². The summed E-state index contributed by atoms with van der Waals surface area (Å²) in [6.07, 6.45) is 0. The number of carboxylic acids is 1. The molecule has 0 heterocycles. The van der Waals surface area contributed by atoms with E-state index in [4.69, 9.17) is 25.2 Å². The second-order valence-corrected chi connectivity index (χ2v) is 0.715. The Morgan fingerprint density at radius 1 is 1.40 bits per heavy atom. The minimum absolute atomic E-state index is 0. The van der Waals surface area contributed by atoms with E-state index in [0.717, 1.165) is 6.92 Å². The van der Waals surface area contributed by atoms with Crippen LogP contribution in [0.2, 0.25) is 0 Å². The van der Waals surface area contributed by atoms with Crippen molar-refractivity contribution in [3.63, 3.8) is 0 Å². The Bertz CT molecular complexity index is 77.6. The van der Waals surface area contributed by atoms with Gasteiger partial charge < -0.3 is 25.2 Å². The zero-order valence-electron chi connectivity index (χ0n) is 5.32. The molecule has 0 rings (SSSR count). The molecule has 0 aromatic heterocycles. The second-order valence-electron chi connectivity index (χ2n) is 0.715. The molecule has 0 aliphatic heterocycles. The normalized spacial score (nSPS) is 4.90. The smallest absolute Gasteiger partial charge is 0.550 e. The molecule has 0 bridgehead atoms. The van der Waals surface area contributed by atoms with Crippen molar-refractivity contribution < 1.29 is 103 Å². The van der Waals surface area contributed by atoms with Gasteiger partial charge in [0.05, 0.1) is 5.09 Å². The molecule has 0 saturated heterocycles. The van der Waals surface area contributed by atoms with Crippen LogP contribution in [0.25, 0.3) is 0 Å². The predicted molar refractivity (Wildman–Crippen MR) is 21.0 cm³/mol. The number of aliphatic carboxylic acids is 1. The molecule has 0 N–H and O–H groups in total. The van der Waals surface area contributed by atoms with Gasteiger partial charge in [-0.3, -0.25) is 0 Å². The molecule has 0 aliphatic rings. The third kappa shape index (κ3) is 360. The molecule has 0 fully saturated rings. The largest absolute Gasteiger partial charge is 3.00 e. The predicted octanol–water partition coefficient (Wildman–Crippen LogP) is -4.48. The van der Waals surface area contributed by atoms with Crippen molar-refractivity contribution in [1.82, 2.24) is 0 Å². The van der Waals surface area contributed by atoms with Gasteiger partial charge in [0.25, 0.3) is 0 Å². The molecule has 10 heavy (non-hydrogen) atoms. The van der Waals surface area contributed by atoms with Gasteiger partial charge in [-0.05, 0) is 6.92 Å². The average Bonchev–Trinajstić information content (AvgIpc) is 1.25. The zero-order valence-corrected chi connectivity index (χ0v) is 13.2. The minimum Gasteiger partial charge on any atom is -0.550 e. The number of carboxylic acid groups (broad SMARTS) is 1. The summed E-state index contributed by atoms with van der Waals surface area (Å²) < 4.78 is 0. The maximum absolute atomic E-state index is 8.89. The number of hydrogen-bond acceptors (Lipinski definition) is 5. The molecule has 0 radical (unpaired) electrons. The van der Waals surface area contributed by atoms with Crippen molar-refractivity contribution in [1.29, 1.82) is 0 Å². The zero-order chi connectivity index (χ0) is 7.15. The quantitative estimate of drug-likeness (QED) is 0.247. The number of nitrogens with zero attached hydrogens (tertiary/aromatic N) is 1. The standard InChI is InChI=1S/C2H4O2.Cs.NO3.Rh/c1-2(3)4;;2-1(3)4;/h1H3,(H,3,4);;;/q;+1;-1;+3/p-1. The van der Waals surface area contributed by atoms with E-state index in [-0.39, 0.29) is 88.4 Å². The fourth-order valence-electron chi connectivity index (χ4n) is 0. The summed E-state index contributed by atoms with van der Waals surface area (Å²) >= 11 is 0. The first-order chi connectivity index (χ1) is 3.46. The molecule has 0 unspecified atom stereocenters. The third-order valence-electron chi connectivity index (χ3n) is 0. The van der Waals surface area contributed by atoms with Crippen molar-refractivity contribution in [2.75, 3.05) is 0 Å². The number of carbonyl (C=O) groups excluding carboxylic acids is 1. The van der Waals surface area contributed by atoms with Gasteiger partial charge in [-0.2, -0.15) is 0 Å². The fourth-order valence-corrected chi connectivity index (χ4v) is 0. The van der Waals surface area contributed by atoms with Crippen LogP contribution in [0.4, 0.5) is 0 Å². The molecule has 0 saturated carbocycles. The summed E-state index contributed by atoms with van der Waals surface area (Å²) in [6.45, 7) is 0.972. The van der Waals surface area contributed by atoms with Crippen LogP contribution in [0.5, 0.6) is 0 Å². The molecule has 0 spiro atoms. The van der Waals surface area contributed by atoms with E-state index in [9.17, 15) is 0 Å². The molecule has 0 aromatic rings. The van der Waals surface area contributed by atoms with E-state index in [0.29, 0.717) is 0 Å². The first kappa shape index (κ1) is 22.5. The van der Waals surface area contributed by atoms with Crippen molar-refractivity contribution in [3.8, 4) is 0 Å². The molecule has 0 amide bonds. The summed E-state index contributed by atoms with van der Waals surface area (Å²) in [5, 5.41) is 23.6. The van der Waals surface area contributed by atoms with Crippen LogP contribution < -0.4 is 74.0 Å². The topological polar surface area (TPSA) is 106 Å². The number of rotatable bonds is 0. The summed E-state index contributed by atoms with van der Waals surface area (Å²) in [4.78, 5) is 17.1. The van der Waals surface area contributed by atoms with Crippen molar-refractivity contribution >= 4 is 5.97 Å². The molecular weight excluding hydrogens is 354 g/mol. The van der Waals surface area contributed by atoms with E-state index in [1.165, 1.54) is 0 Å². The number of hydrogen-bond donors (Lipinski definition) is 0. The molecule has 6 nitrogen and oxygen atoms in total. The Hall–Kier alpha value is 1.35. The van der Waals surface area contributed by atoms with Gasteiger partial charge in [0.15, 0.2) is 0 Å². The van der Waals surface area contributed by atoms with E-state index in [2.05, 4.69) is 0 Å². The maximum atomic E-state index is 8.89. The van der Waals surface area contributed by atoms with Gasteiger partial charge in [-0.15, -0.1) is 0 Å². The molecule has 0 aromatic carbocycles. The molecule has 54 valence electrons. The van der Waals surface area contributed by atoms with E-state index in [1.54, 1.807) is 0 Å². The van der Waals surface area contributed by atoms with Gasteiger partial charge in [-0.1, -0.05) is 0 Å². The molecule has 0 atom stereocenters. The summed E-state index contributed by atoms with van der Waals surface area (Å²) in [5.41, 5.74) is 0. The minimum atomic E-state index is -1.75. The Labute approximate surface area is 129 Å².